The van der Waals surface area contributed by atoms with Crippen molar-refractivity contribution in [2.75, 3.05) is 10.6 Å². The number of rotatable bonds is 4. The van der Waals surface area contributed by atoms with E-state index in [0.29, 0.717) is 43.4 Å². The highest BCUT2D eigenvalue weighted by Crippen LogP contribution is 2.52. The summed E-state index contributed by atoms with van der Waals surface area (Å²) < 4.78 is 0. The number of thioether (sulfide) groups is 2. The molecule has 0 aliphatic carbocycles. The quantitative estimate of drug-likeness (QED) is 0.136. The number of hydrogen-bond donors (Lipinski definition) is 2. The first-order chi connectivity index (χ1) is 28.4. The molecule has 10 aromatic carbocycles. The Balaban J connectivity index is 0.862. The van der Waals surface area contributed by atoms with Gasteiger partial charge in [-0.05, 0) is 90.3 Å². The van der Waals surface area contributed by atoms with Gasteiger partial charge < -0.3 is 10.6 Å². The van der Waals surface area contributed by atoms with Gasteiger partial charge in [-0.25, -0.2) is 0 Å². The Kier molecular flexibility index (Phi) is 7.00. The topological polar surface area (TPSA) is 92.3 Å². The first-order valence-corrected chi connectivity index (χ1v) is 20.5. The van der Waals surface area contributed by atoms with Gasteiger partial charge in [0.2, 0.25) is 11.6 Å². The van der Waals surface area contributed by atoms with Crippen LogP contribution in [0.5, 0.6) is 0 Å². The standard InChI is InChI=1S/C50H26N2O4S2/c53-43-33-9-3-11-35(49(55)51-37-23-19-29-15-13-25-5-1-7-27-17-21-31(37)41(29)39(25)27)45(33)57-47(43)48-44(54)34-10-4-12-36(46(34)58-48)50(56)52-38-24-20-30-16-14-26-6-2-8-28-18-22-32(38)42(30)40(26)28/h1-24H,(H,51,55)(H,52,56)/b48-47-. The fourth-order valence-corrected chi connectivity index (χ4v) is 11.4. The van der Waals surface area contributed by atoms with Gasteiger partial charge in [0.25, 0.3) is 11.8 Å². The van der Waals surface area contributed by atoms with Crippen molar-refractivity contribution < 1.29 is 19.2 Å². The number of allylic oxidation sites excluding steroid dienone is 2. The summed E-state index contributed by atoms with van der Waals surface area (Å²) in [5.74, 6) is -1.34. The predicted molar refractivity (Wildman–Crippen MR) is 236 cm³/mol. The third-order valence-electron chi connectivity index (χ3n) is 11.6. The van der Waals surface area contributed by atoms with Crippen LogP contribution in [0.15, 0.2) is 165 Å². The Labute approximate surface area is 338 Å². The summed E-state index contributed by atoms with van der Waals surface area (Å²) in [7, 11) is 0. The van der Waals surface area contributed by atoms with Gasteiger partial charge in [-0.3, -0.25) is 19.2 Å². The summed E-state index contributed by atoms with van der Waals surface area (Å²) in [5, 5.41) is 19.3. The van der Waals surface area contributed by atoms with Crippen molar-refractivity contribution in [2.45, 2.75) is 9.79 Å². The van der Waals surface area contributed by atoms with Crippen LogP contribution in [0, 0.1) is 0 Å². The van der Waals surface area contributed by atoms with Crippen molar-refractivity contribution in [1.82, 2.24) is 0 Å². The highest BCUT2D eigenvalue weighted by Gasteiger charge is 2.39. The second kappa shape index (κ2) is 12.2. The minimum atomic E-state index is -0.349. The van der Waals surface area contributed by atoms with Gasteiger partial charge in [-0.15, -0.1) is 0 Å². The Morgan fingerprint density at radius 1 is 0.379 bits per heavy atom. The molecule has 272 valence electrons. The Morgan fingerprint density at radius 3 is 1.14 bits per heavy atom. The van der Waals surface area contributed by atoms with Crippen molar-refractivity contribution in [3.8, 4) is 0 Å². The Hall–Kier alpha value is -7.00. The number of benzene rings is 10. The number of Topliss-reactive ketones (excluding diaryl/α,β-unsaturated/α-hetero) is 2. The lowest BCUT2D eigenvalue weighted by atomic mass is 9.93. The summed E-state index contributed by atoms with van der Waals surface area (Å²) >= 11 is 2.28. The molecule has 10 aromatic rings. The number of anilines is 2. The molecule has 2 heterocycles. The number of carbonyl (C=O) groups excluding carboxylic acids is 4. The van der Waals surface area contributed by atoms with Crippen LogP contribution in [0.25, 0.3) is 64.6 Å². The van der Waals surface area contributed by atoms with Gasteiger partial charge in [-0.1, -0.05) is 133 Å². The molecule has 0 unspecified atom stereocenters. The minimum Gasteiger partial charge on any atom is -0.321 e. The first-order valence-electron chi connectivity index (χ1n) is 18.8. The van der Waals surface area contributed by atoms with E-state index in [1.807, 2.05) is 48.5 Å². The molecule has 0 bridgehead atoms. The zero-order chi connectivity index (χ0) is 38.8. The Bertz CT molecular complexity index is 3290. The van der Waals surface area contributed by atoms with Crippen molar-refractivity contribution >= 4 is 123 Å². The van der Waals surface area contributed by atoms with Crippen molar-refractivity contribution in [1.29, 1.82) is 0 Å². The fraction of sp³-hybridized carbons (Fsp3) is 0. The molecule has 2 N–H and O–H groups in total. The molecule has 0 spiro atoms. The molecule has 0 saturated carbocycles. The molecule has 58 heavy (non-hydrogen) atoms. The monoisotopic (exact) mass is 782 g/mol. The van der Waals surface area contributed by atoms with Crippen LogP contribution in [0.1, 0.15) is 41.4 Å². The number of carbonyl (C=O) groups is 4. The normalized spacial score (nSPS) is 15.1. The van der Waals surface area contributed by atoms with E-state index in [2.05, 4.69) is 71.3 Å². The highest BCUT2D eigenvalue weighted by atomic mass is 32.2. The van der Waals surface area contributed by atoms with E-state index < -0.39 is 0 Å². The molecule has 0 saturated heterocycles. The lowest BCUT2D eigenvalue weighted by molar-refractivity contribution is 0.100. The van der Waals surface area contributed by atoms with E-state index in [-0.39, 0.29) is 33.2 Å². The first kappa shape index (κ1) is 33.2. The molecule has 12 rings (SSSR count). The van der Waals surface area contributed by atoms with Gasteiger partial charge >= 0.3 is 0 Å². The molecular formula is C50H26N2O4S2. The maximum atomic E-state index is 14.1. The summed E-state index contributed by atoms with van der Waals surface area (Å²) in [6.45, 7) is 0. The van der Waals surface area contributed by atoms with Crippen molar-refractivity contribution in [3.63, 3.8) is 0 Å². The lowest BCUT2D eigenvalue weighted by Gasteiger charge is -2.15. The Morgan fingerprint density at radius 2 is 0.724 bits per heavy atom. The second-order valence-corrected chi connectivity index (χ2v) is 16.8. The zero-order valence-corrected chi connectivity index (χ0v) is 31.9. The van der Waals surface area contributed by atoms with E-state index in [9.17, 15) is 19.2 Å². The summed E-state index contributed by atoms with van der Waals surface area (Å²) in [4.78, 5) is 57.8. The molecule has 0 radical (unpaired) electrons. The van der Waals surface area contributed by atoms with Crippen molar-refractivity contribution in [3.05, 3.63) is 178 Å². The van der Waals surface area contributed by atoms with Crippen LogP contribution in [0.4, 0.5) is 11.4 Å². The molecule has 2 amide bonds. The molecule has 6 nitrogen and oxygen atoms in total. The van der Waals surface area contributed by atoms with Crippen LogP contribution >= 0.6 is 23.5 Å². The van der Waals surface area contributed by atoms with Crippen LogP contribution < -0.4 is 10.6 Å². The van der Waals surface area contributed by atoms with Gasteiger partial charge in [0.05, 0.1) is 20.9 Å². The molecule has 0 atom stereocenters. The third kappa shape index (κ3) is 4.70. The maximum absolute atomic E-state index is 14.1. The van der Waals surface area contributed by atoms with Crippen LogP contribution in [-0.4, -0.2) is 23.4 Å². The maximum Gasteiger partial charge on any atom is 0.256 e. The van der Waals surface area contributed by atoms with E-state index >= 15 is 0 Å². The molecular weight excluding hydrogens is 757 g/mol. The second-order valence-electron chi connectivity index (χ2n) is 14.7. The number of fused-ring (bicyclic) bond motifs is 2. The van der Waals surface area contributed by atoms with Gasteiger partial charge in [-0.2, -0.15) is 0 Å². The molecule has 8 heteroatoms. The van der Waals surface area contributed by atoms with Crippen LogP contribution in [0.2, 0.25) is 0 Å². The lowest BCUT2D eigenvalue weighted by Crippen LogP contribution is -2.13. The summed E-state index contributed by atoms with van der Waals surface area (Å²) in [6, 6.07) is 47.2. The van der Waals surface area contributed by atoms with Gasteiger partial charge in [0, 0.05) is 43.1 Å². The van der Waals surface area contributed by atoms with E-state index in [1.54, 1.807) is 36.4 Å². The predicted octanol–water partition coefficient (Wildman–Crippen LogP) is 12.5. The number of hydrogen-bond acceptors (Lipinski definition) is 6. The average Bonchev–Trinajstić information content (AvgIpc) is 3.78. The van der Waals surface area contributed by atoms with Crippen molar-refractivity contribution in [2.24, 2.45) is 0 Å². The van der Waals surface area contributed by atoms with Crippen LogP contribution in [0.3, 0.4) is 0 Å². The zero-order valence-electron chi connectivity index (χ0n) is 30.3. The molecule has 0 fully saturated rings. The molecule has 2 aliphatic rings. The number of amides is 2. The minimum absolute atomic E-state index is 0.252. The SMILES string of the molecule is O=C(Nc1ccc2ccc3cccc4ccc1c2c34)c1cccc2c1S/C(=C1\Sc3c(C(=O)Nc4ccc5ccc6cccc7ccc4c5c67)cccc3C1=O)C2=O. The van der Waals surface area contributed by atoms with E-state index in [1.165, 1.54) is 0 Å². The molecule has 0 aromatic heterocycles. The average molecular weight is 783 g/mol. The number of ketones is 2. The van der Waals surface area contributed by atoms with E-state index in [4.69, 9.17) is 0 Å². The van der Waals surface area contributed by atoms with Crippen LogP contribution in [-0.2, 0) is 0 Å². The largest absolute Gasteiger partial charge is 0.321 e. The van der Waals surface area contributed by atoms with Gasteiger partial charge in [0.15, 0.2) is 0 Å². The smallest absolute Gasteiger partial charge is 0.256 e. The summed E-state index contributed by atoms with van der Waals surface area (Å²) in [6.07, 6.45) is 0. The molecule has 2 aliphatic heterocycles. The van der Waals surface area contributed by atoms with Gasteiger partial charge in [0.1, 0.15) is 0 Å². The van der Waals surface area contributed by atoms with E-state index in [0.717, 1.165) is 88.2 Å². The fourth-order valence-electron chi connectivity index (χ4n) is 8.92. The third-order valence-corrected chi connectivity index (χ3v) is 14.2. The highest BCUT2D eigenvalue weighted by molar-refractivity contribution is 8.08. The summed E-state index contributed by atoms with van der Waals surface area (Å²) in [5.41, 5.74) is 2.77. The number of nitrogens with one attached hydrogen (secondary N) is 2.